The number of rotatable bonds is 4. The van der Waals surface area contributed by atoms with Gasteiger partial charge in [0.05, 0.1) is 15.9 Å². The zero-order chi connectivity index (χ0) is 14.8. The highest BCUT2D eigenvalue weighted by Crippen LogP contribution is 2.24. The number of nitrogens with zero attached hydrogens (tertiary/aromatic N) is 4. The lowest BCUT2D eigenvalue weighted by atomic mass is 10.1. The summed E-state index contributed by atoms with van der Waals surface area (Å²) in [6.45, 7) is 2.10. The van der Waals surface area contributed by atoms with Gasteiger partial charge in [-0.3, -0.25) is 0 Å². The molecular formula is C15H14FIN4. The van der Waals surface area contributed by atoms with Crippen LogP contribution in [0.15, 0.2) is 48.8 Å². The largest absolute Gasteiger partial charge is 0.334 e. The third kappa shape index (κ3) is 2.72. The van der Waals surface area contributed by atoms with Gasteiger partial charge in [0.15, 0.2) is 0 Å². The molecule has 2 heterocycles. The molecule has 0 saturated heterocycles. The molecule has 0 spiro atoms. The first-order valence-corrected chi connectivity index (χ1v) is 7.78. The third-order valence-corrected chi connectivity index (χ3v) is 4.32. The minimum Gasteiger partial charge on any atom is -0.334 e. The molecule has 108 valence electrons. The Kier molecular flexibility index (Phi) is 4.05. The van der Waals surface area contributed by atoms with Crippen molar-refractivity contribution >= 4 is 22.6 Å². The molecule has 0 amide bonds. The van der Waals surface area contributed by atoms with Crippen molar-refractivity contribution in [1.29, 1.82) is 0 Å². The van der Waals surface area contributed by atoms with E-state index in [1.54, 1.807) is 24.4 Å². The first-order chi connectivity index (χ1) is 10.2. The van der Waals surface area contributed by atoms with Crippen LogP contribution in [0.3, 0.4) is 0 Å². The second-order valence-corrected chi connectivity index (χ2v) is 5.81. The van der Waals surface area contributed by atoms with Crippen molar-refractivity contribution in [3.8, 4) is 5.69 Å². The lowest BCUT2D eigenvalue weighted by Crippen LogP contribution is -2.10. The number of hydrogen-bond donors (Lipinski definition) is 0. The molecule has 2 aromatic heterocycles. The number of para-hydroxylation sites is 1. The molecule has 3 aromatic rings. The van der Waals surface area contributed by atoms with Crippen LogP contribution in [0.2, 0.25) is 0 Å². The van der Waals surface area contributed by atoms with Crippen molar-refractivity contribution in [2.24, 2.45) is 0 Å². The van der Waals surface area contributed by atoms with Gasteiger partial charge >= 0.3 is 0 Å². The molecule has 1 atom stereocenters. The van der Waals surface area contributed by atoms with Crippen molar-refractivity contribution in [3.63, 3.8) is 0 Å². The van der Waals surface area contributed by atoms with Crippen LogP contribution in [-0.4, -0.2) is 19.6 Å². The summed E-state index contributed by atoms with van der Waals surface area (Å²) in [7, 11) is 0. The topological polar surface area (TPSA) is 35.6 Å². The van der Waals surface area contributed by atoms with Crippen molar-refractivity contribution in [2.45, 2.75) is 19.4 Å². The molecule has 1 unspecified atom stereocenters. The fourth-order valence-corrected chi connectivity index (χ4v) is 3.06. The molecule has 0 bridgehead atoms. The average Bonchev–Trinajstić information content (AvgIpc) is 3.11. The van der Waals surface area contributed by atoms with Gasteiger partial charge in [-0.1, -0.05) is 24.3 Å². The minimum absolute atomic E-state index is 0.104. The molecule has 0 aliphatic heterocycles. The predicted octanol–water partition coefficient (Wildman–Crippen LogP) is 3.81. The lowest BCUT2D eigenvalue weighted by molar-refractivity contribution is 0.543. The van der Waals surface area contributed by atoms with Crippen molar-refractivity contribution in [2.75, 3.05) is 0 Å². The molecule has 1 aromatic carbocycles. The van der Waals surface area contributed by atoms with Crippen LogP contribution in [0.25, 0.3) is 5.69 Å². The standard InChI is InChI=1S/C15H14FIN4/c1-2-13(20-9-5-8-15(20)17)12-10-21(19-18-12)14-7-4-3-6-11(14)16/h3-10,13H,2H2,1H3. The van der Waals surface area contributed by atoms with Crippen LogP contribution in [0.4, 0.5) is 4.39 Å². The molecule has 0 radical (unpaired) electrons. The van der Waals surface area contributed by atoms with E-state index in [2.05, 4.69) is 44.4 Å². The SMILES string of the molecule is CCC(c1cn(-c2ccccc2F)nn1)n1cccc1I. The summed E-state index contributed by atoms with van der Waals surface area (Å²) in [6.07, 6.45) is 4.71. The van der Waals surface area contributed by atoms with Gasteiger partial charge in [0.25, 0.3) is 0 Å². The zero-order valence-electron chi connectivity index (χ0n) is 11.4. The molecule has 21 heavy (non-hydrogen) atoms. The average molecular weight is 396 g/mol. The van der Waals surface area contributed by atoms with Crippen LogP contribution >= 0.6 is 22.6 Å². The number of aromatic nitrogens is 4. The van der Waals surface area contributed by atoms with Gasteiger partial charge in [-0.25, -0.2) is 9.07 Å². The van der Waals surface area contributed by atoms with Gasteiger partial charge in [0.1, 0.15) is 17.2 Å². The van der Waals surface area contributed by atoms with Gasteiger partial charge in [-0.05, 0) is 53.3 Å². The summed E-state index contributed by atoms with van der Waals surface area (Å²) in [5.41, 5.74) is 1.24. The van der Waals surface area contributed by atoms with Gasteiger partial charge in [-0.2, -0.15) is 0 Å². The second kappa shape index (κ2) is 5.97. The summed E-state index contributed by atoms with van der Waals surface area (Å²) in [5, 5.41) is 8.29. The summed E-state index contributed by atoms with van der Waals surface area (Å²) in [6, 6.07) is 10.7. The Morgan fingerprint density at radius 1 is 1.24 bits per heavy atom. The summed E-state index contributed by atoms with van der Waals surface area (Å²) >= 11 is 2.29. The summed E-state index contributed by atoms with van der Waals surface area (Å²) < 4.78 is 18.6. The van der Waals surface area contributed by atoms with Gasteiger partial charge in [0.2, 0.25) is 0 Å². The normalized spacial score (nSPS) is 12.5. The maximum atomic E-state index is 13.8. The highest BCUT2D eigenvalue weighted by molar-refractivity contribution is 14.1. The van der Waals surface area contributed by atoms with E-state index >= 15 is 0 Å². The first-order valence-electron chi connectivity index (χ1n) is 6.70. The number of benzene rings is 1. The fraction of sp³-hybridized carbons (Fsp3) is 0.200. The lowest BCUT2D eigenvalue weighted by Gasteiger charge is -2.15. The van der Waals surface area contributed by atoms with E-state index in [1.807, 2.05) is 18.3 Å². The monoisotopic (exact) mass is 396 g/mol. The van der Waals surface area contributed by atoms with E-state index in [1.165, 1.54) is 10.7 Å². The molecule has 0 saturated carbocycles. The Hall–Kier alpha value is -1.70. The van der Waals surface area contributed by atoms with E-state index in [0.29, 0.717) is 5.69 Å². The molecule has 4 nitrogen and oxygen atoms in total. The Morgan fingerprint density at radius 3 is 2.71 bits per heavy atom. The molecule has 0 aliphatic carbocycles. The fourth-order valence-electron chi connectivity index (χ4n) is 2.36. The van der Waals surface area contributed by atoms with Gasteiger partial charge in [0, 0.05) is 6.20 Å². The highest BCUT2D eigenvalue weighted by Gasteiger charge is 2.17. The summed E-state index contributed by atoms with van der Waals surface area (Å²) in [4.78, 5) is 0. The Bertz CT molecular complexity index is 749. The van der Waals surface area contributed by atoms with E-state index < -0.39 is 0 Å². The zero-order valence-corrected chi connectivity index (χ0v) is 13.6. The molecular weight excluding hydrogens is 382 g/mol. The van der Waals surface area contributed by atoms with Gasteiger partial charge in [-0.15, -0.1) is 5.10 Å². The van der Waals surface area contributed by atoms with Crippen LogP contribution in [0, 0.1) is 9.52 Å². The highest BCUT2D eigenvalue weighted by atomic mass is 127. The quantitative estimate of drug-likeness (QED) is 0.629. The minimum atomic E-state index is -0.308. The molecule has 6 heteroatoms. The Morgan fingerprint density at radius 2 is 2.05 bits per heavy atom. The maximum absolute atomic E-state index is 13.8. The molecule has 0 aliphatic rings. The molecule has 0 N–H and O–H groups in total. The first kappa shape index (κ1) is 14.2. The molecule has 0 fully saturated rings. The molecule has 3 rings (SSSR count). The van der Waals surface area contributed by atoms with Crippen LogP contribution in [0.5, 0.6) is 0 Å². The van der Waals surface area contributed by atoms with E-state index in [0.717, 1.165) is 15.8 Å². The van der Waals surface area contributed by atoms with E-state index in [9.17, 15) is 4.39 Å². The predicted molar refractivity (Wildman–Crippen MR) is 86.9 cm³/mol. The Balaban J connectivity index is 1.98. The van der Waals surface area contributed by atoms with Crippen LogP contribution < -0.4 is 0 Å². The van der Waals surface area contributed by atoms with Crippen molar-refractivity contribution in [1.82, 2.24) is 19.6 Å². The van der Waals surface area contributed by atoms with Gasteiger partial charge < -0.3 is 4.57 Å². The van der Waals surface area contributed by atoms with Crippen molar-refractivity contribution in [3.05, 3.63) is 64.0 Å². The smallest absolute Gasteiger partial charge is 0.148 e. The summed E-state index contributed by atoms with van der Waals surface area (Å²) in [5.74, 6) is -0.308. The number of hydrogen-bond acceptors (Lipinski definition) is 2. The third-order valence-electron chi connectivity index (χ3n) is 3.40. The Labute approximate surface area is 135 Å². The van der Waals surface area contributed by atoms with E-state index in [4.69, 9.17) is 0 Å². The van der Waals surface area contributed by atoms with E-state index in [-0.39, 0.29) is 11.9 Å². The van der Waals surface area contributed by atoms with Crippen molar-refractivity contribution < 1.29 is 4.39 Å². The second-order valence-electron chi connectivity index (χ2n) is 4.70. The van der Waals surface area contributed by atoms with Crippen LogP contribution in [-0.2, 0) is 0 Å². The van der Waals surface area contributed by atoms with Crippen LogP contribution in [0.1, 0.15) is 25.1 Å². The number of halogens is 2. The maximum Gasteiger partial charge on any atom is 0.148 e.